The van der Waals surface area contributed by atoms with Gasteiger partial charge in [-0.25, -0.2) is 0 Å². The molecular weight excluding hydrogens is 200 g/mol. The minimum atomic E-state index is -0.829. The second-order valence-electron chi connectivity index (χ2n) is 4.61. The first-order valence-corrected chi connectivity index (χ1v) is 6.05. The quantitative estimate of drug-likeness (QED) is 0.757. The average molecular weight is 218 g/mol. The molecule has 82 valence electrons. The van der Waals surface area contributed by atoms with Gasteiger partial charge in [-0.2, -0.15) is 11.8 Å². The van der Waals surface area contributed by atoms with Crippen LogP contribution >= 0.6 is 11.8 Å². The van der Waals surface area contributed by atoms with Crippen molar-refractivity contribution in [3.8, 4) is 0 Å². The summed E-state index contributed by atoms with van der Waals surface area (Å²) in [6.07, 6.45) is 1.37. The number of carbonyl (C=O) groups is 1. The summed E-state index contributed by atoms with van der Waals surface area (Å²) in [5.41, 5.74) is -0.970. The maximum absolute atomic E-state index is 10.5. The van der Waals surface area contributed by atoms with E-state index in [1.165, 1.54) is 0 Å². The van der Waals surface area contributed by atoms with E-state index in [-0.39, 0.29) is 11.8 Å². The number of rotatable bonds is 3. The Morgan fingerprint density at radius 1 is 1.50 bits per heavy atom. The lowest BCUT2D eigenvalue weighted by atomic mass is 9.71. The Balaban J connectivity index is 2.64. The van der Waals surface area contributed by atoms with Crippen molar-refractivity contribution in [2.75, 3.05) is 11.5 Å². The normalized spacial score (nSPS) is 31.4. The Kier molecular flexibility index (Phi) is 3.48. The van der Waals surface area contributed by atoms with Gasteiger partial charge >= 0.3 is 5.97 Å². The standard InChI is InChI=1S/C10H18O3S/c1-9(2)5-6-14-7-10(9,13)4-3-8(11)12/h13H,3-7H2,1-2H3,(H,11,12). The lowest BCUT2D eigenvalue weighted by molar-refractivity contribution is -0.140. The monoisotopic (exact) mass is 218 g/mol. The molecule has 0 spiro atoms. The van der Waals surface area contributed by atoms with Crippen LogP contribution in [0.2, 0.25) is 0 Å². The Morgan fingerprint density at radius 2 is 2.14 bits per heavy atom. The van der Waals surface area contributed by atoms with Crippen LogP contribution in [0.4, 0.5) is 0 Å². The molecule has 1 heterocycles. The Labute approximate surface area is 88.9 Å². The highest BCUT2D eigenvalue weighted by atomic mass is 32.2. The van der Waals surface area contributed by atoms with Crippen molar-refractivity contribution in [1.29, 1.82) is 0 Å². The molecule has 1 aliphatic heterocycles. The number of carboxylic acids is 1. The lowest BCUT2D eigenvalue weighted by Gasteiger charge is -2.46. The fraction of sp³-hybridized carbons (Fsp3) is 0.900. The highest BCUT2D eigenvalue weighted by Gasteiger charge is 2.45. The molecule has 3 nitrogen and oxygen atoms in total. The van der Waals surface area contributed by atoms with Crippen LogP contribution in [-0.2, 0) is 4.79 Å². The molecule has 1 atom stereocenters. The maximum atomic E-state index is 10.5. The lowest BCUT2D eigenvalue weighted by Crippen LogP contribution is -2.50. The molecule has 1 aliphatic rings. The third-order valence-electron chi connectivity index (χ3n) is 3.22. The molecule has 0 aromatic heterocycles. The summed E-state index contributed by atoms with van der Waals surface area (Å²) >= 11 is 1.71. The SMILES string of the molecule is CC1(C)CCSCC1(O)CCC(=O)O. The van der Waals surface area contributed by atoms with Gasteiger partial charge in [-0.1, -0.05) is 13.8 Å². The van der Waals surface area contributed by atoms with Gasteiger partial charge in [0.15, 0.2) is 0 Å². The van der Waals surface area contributed by atoms with Gasteiger partial charge in [0, 0.05) is 12.2 Å². The maximum Gasteiger partial charge on any atom is 0.303 e. The van der Waals surface area contributed by atoms with E-state index >= 15 is 0 Å². The summed E-state index contributed by atoms with van der Waals surface area (Å²) in [4.78, 5) is 10.5. The first-order valence-electron chi connectivity index (χ1n) is 4.89. The van der Waals surface area contributed by atoms with E-state index in [1.54, 1.807) is 11.8 Å². The highest BCUT2D eigenvalue weighted by Crippen LogP contribution is 2.44. The molecule has 0 bridgehead atoms. The van der Waals surface area contributed by atoms with E-state index in [4.69, 9.17) is 5.11 Å². The van der Waals surface area contributed by atoms with Crippen LogP contribution in [0.5, 0.6) is 0 Å². The van der Waals surface area contributed by atoms with Crippen LogP contribution in [-0.4, -0.2) is 33.3 Å². The minimum absolute atomic E-state index is 0.0560. The zero-order chi connectivity index (χ0) is 10.8. The van der Waals surface area contributed by atoms with Crippen LogP contribution in [0.1, 0.15) is 33.1 Å². The third-order valence-corrected chi connectivity index (χ3v) is 4.40. The minimum Gasteiger partial charge on any atom is -0.481 e. The van der Waals surface area contributed by atoms with Crippen molar-refractivity contribution in [3.63, 3.8) is 0 Å². The fourth-order valence-electron chi connectivity index (χ4n) is 1.72. The van der Waals surface area contributed by atoms with Gasteiger partial charge in [0.05, 0.1) is 5.60 Å². The van der Waals surface area contributed by atoms with Crippen LogP contribution in [0.25, 0.3) is 0 Å². The summed E-state index contributed by atoms with van der Waals surface area (Å²) in [6, 6.07) is 0. The van der Waals surface area contributed by atoms with Crippen LogP contribution in [0.15, 0.2) is 0 Å². The van der Waals surface area contributed by atoms with E-state index in [9.17, 15) is 9.90 Å². The molecule has 0 saturated carbocycles. The number of aliphatic carboxylic acids is 1. The number of hydrogen-bond acceptors (Lipinski definition) is 3. The molecule has 4 heteroatoms. The van der Waals surface area contributed by atoms with Crippen molar-refractivity contribution >= 4 is 17.7 Å². The van der Waals surface area contributed by atoms with Crippen molar-refractivity contribution < 1.29 is 15.0 Å². The van der Waals surface area contributed by atoms with E-state index in [0.717, 1.165) is 12.2 Å². The Bertz CT molecular complexity index is 227. The van der Waals surface area contributed by atoms with Gasteiger partial charge < -0.3 is 10.2 Å². The molecule has 14 heavy (non-hydrogen) atoms. The number of thioether (sulfide) groups is 1. The Hall–Kier alpha value is -0.220. The van der Waals surface area contributed by atoms with E-state index in [0.29, 0.717) is 12.2 Å². The fourth-order valence-corrected chi connectivity index (χ4v) is 3.39. The summed E-state index contributed by atoms with van der Waals surface area (Å²) in [7, 11) is 0. The number of carboxylic acid groups (broad SMARTS) is 1. The molecular formula is C10H18O3S. The smallest absolute Gasteiger partial charge is 0.303 e. The van der Waals surface area contributed by atoms with Crippen LogP contribution < -0.4 is 0 Å². The predicted molar refractivity (Wildman–Crippen MR) is 57.5 cm³/mol. The predicted octanol–water partition coefficient (Wildman–Crippen LogP) is 1.75. The molecule has 0 aromatic rings. The molecule has 0 radical (unpaired) electrons. The molecule has 1 fully saturated rings. The van der Waals surface area contributed by atoms with Gasteiger partial charge in [0.2, 0.25) is 0 Å². The average Bonchev–Trinajstić information content (AvgIpc) is 2.07. The van der Waals surface area contributed by atoms with Gasteiger partial charge in [0.25, 0.3) is 0 Å². The van der Waals surface area contributed by atoms with Crippen molar-refractivity contribution in [3.05, 3.63) is 0 Å². The van der Waals surface area contributed by atoms with Gasteiger partial charge in [-0.05, 0) is 24.0 Å². The molecule has 0 aliphatic carbocycles. The van der Waals surface area contributed by atoms with Crippen molar-refractivity contribution in [2.24, 2.45) is 5.41 Å². The zero-order valence-electron chi connectivity index (χ0n) is 8.75. The second kappa shape index (κ2) is 4.11. The molecule has 1 saturated heterocycles. The van der Waals surface area contributed by atoms with Crippen LogP contribution in [0.3, 0.4) is 0 Å². The summed E-state index contributed by atoms with van der Waals surface area (Å²) in [5.74, 6) is 0.889. The molecule has 2 N–H and O–H groups in total. The summed E-state index contributed by atoms with van der Waals surface area (Å²) < 4.78 is 0. The largest absolute Gasteiger partial charge is 0.481 e. The topological polar surface area (TPSA) is 57.5 Å². The number of aliphatic hydroxyl groups is 1. The van der Waals surface area contributed by atoms with E-state index in [1.807, 2.05) is 13.8 Å². The molecule has 1 rings (SSSR count). The van der Waals surface area contributed by atoms with Gasteiger partial charge in [0.1, 0.15) is 0 Å². The van der Waals surface area contributed by atoms with Crippen molar-refractivity contribution in [2.45, 2.75) is 38.7 Å². The van der Waals surface area contributed by atoms with Crippen molar-refractivity contribution in [1.82, 2.24) is 0 Å². The second-order valence-corrected chi connectivity index (χ2v) is 5.72. The van der Waals surface area contributed by atoms with Crippen LogP contribution in [0, 0.1) is 5.41 Å². The van der Waals surface area contributed by atoms with Gasteiger partial charge in [-0.15, -0.1) is 0 Å². The molecule has 0 amide bonds. The summed E-state index contributed by atoms with van der Waals surface area (Å²) in [6.45, 7) is 4.04. The molecule has 0 aromatic carbocycles. The first-order chi connectivity index (χ1) is 6.37. The highest BCUT2D eigenvalue weighted by molar-refractivity contribution is 7.99. The summed E-state index contributed by atoms with van der Waals surface area (Å²) in [5, 5.41) is 19.0. The van der Waals surface area contributed by atoms with Gasteiger partial charge in [-0.3, -0.25) is 4.79 Å². The number of hydrogen-bond donors (Lipinski definition) is 2. The Morgan fingerprint density at radius 3 is 2.64 bits per heavy atom. The van der Waals surface area contributed by atoms with E-state index < -0.39 is 11.6 Å². The third kappa shape index (κ3) is 2.42. The molecule has 1 unspecified atom stereocenters. The zero-order valence-corrected chi connectivity index (χ0v) is 9.56. The first kappa shape index (κ1) is 11.9. The van der Waals surface area contributed by atoms with E-state index in [2.05, 4.69) is 0 Å².